The first-order chi connectivity index (χ1) is 32.9. The van der Waals surface area contributed by atoms with Gasteiger partial charge in [0.05, 0.1) is 43.9 Å². The highest BCUT2D eigenvalue weighted by atomic mass is 16.5. The number of nitrogens with one attached hydrogen (secondary N) is 4. The summed E-state index contributed by atoms with van der Waals surface area (Å²) in [6.45, 7) is 13.3. The number of carbonyl (C=O) groups excluding carboxylic acids is 3. The number of carbonyl (C=O) groups is 3. The fourth-order valence-electron chi connectivity index (χ4n) is 12.0. The topological polar surface area (TPSA) is 166 Å². The van der Waals surface area contributed by atoms with Crippen molar-refractivity contribution in [1.82, 2.24) is 35.4 Å². The molecule has 9 rings (SSSR count). The first-order valence-corrected chi connectivity index (χ1v) is 25.3. The summed E-state index contributed by atoms with van der Waals surface area (Å²) in [6, 6.07) is 15.0. The Morgan fingerprint density at radius 3 is 2.25 bits per heavy atom. The molecule has 5 unspecified atom stereocenters. The van der Waals surface area contributed by atoms with Crippen LogP contribution in [0.3, 0.4) is 0 Å². The van der Waals surface area contributed by atoms with Crippen molar-refractivity contribution in [1.29, 1.82) is 0 Å². The Bertz CT molecular complexity index is 2510. The molecule has 14 nitrogen and oxygen atoms in total. The number of H-pyrrole nitrogens is 1. The van der Waals surface area contributed by atoms with Crippen molar-refractivity contribution >= 4 is 29.6 Å². The normalized spacial score (nSPS) is 21.8. The summed E-state index contributed by atoms with van der Waals surface area (Å²) in [5.74, 6) is 2.05. The van der Waals surface area contributed by atoms with E-state index in [9.17, 15) is 14.4 Å². The number of alkyl carbamates (subject to hydrolysis) is 2. The maximum absolute atomic E-state index is 14.0. The van der Waals surface area contributed by atoms with Crippen molar-refractivity contribution in [2.24, 2.45) is 16.8 Å². The lowest BCUT2D eigenvalue weighted by molar-refractivity contribution is -0.134. The molecule has 68 heavy (non-hydrogen) atoms. The average molecular weight is 926 g/mol. The number of amides is 3. The van der Waals surface area contributed by atoms with Crippen LogP contribution in [-0.4, -0.2) is 107 Å². The van der Waals surface area contributed by atoms with Gasteiger partial charge in [-0.2, -0.15) is 0 Å². The summed E-state index contributed by atoms with van der Waals surface area (Å²) in [5.41, 5.74) is 12.1. The minimum atomic E-state index is -0.684. The molecule has 1 saturated carbocycles. The largest absolute Gasteiger partial charge is 0.453 e. The van der Waals surface area contributed by atoms with Gasteiger partial charge in [0.1, 0.15) is 17.7 Å². The minimum Gasteiger partial charge on any atom is -0.453 e. The van der Waals surface area contributed by atoms with Crippen LogP contribution in [0.15, 0.2) is 59.9 Å². The van der Waals surface area contributed by atoms with Gasteiger partial charge in [0.25, 0.3) is 0 Å². The fourth-order valence-corrected chi connectivity index (χ4v) is 12.0. The van der Waals surface area contributed by atoms with E-state index >= 15 is 0 Å². The lowest BCUT2D eigenvalue weighted by Crippen LogP contribution is -2.54. The number of anilines is 1. The number of hydrogen-bond acceptors (Lipinski definition) is 10. The van der Waals surface area contributed by atoms with Gasteiger partial charge in [0, 0.05) is 54.6 Å². The van der Waals surface area contributed by atoms with E-state index in [1.165, 1.54) is 67.7 Å². The number of aliphatic imine (C=N–C) groups is 1. The van der Waals surface area contributed by atoms with Gasteiger partial charge in [-0.1, -0.05) is 77.8 Å². The molecule has 0 radical (unpaired) electrons. The first-order valence-electron chi connectivity index (χ1n) is 25.3. The van der Waals surface area contributed by atoms with Crippen LogP contribution in [0, 0.1) is 11.8 Å². The van der Waals surface area contributed by atoms with Gasteiger partial charge < -0.3 is 35.3 Å². The van der Waals surface area contributed by atoms with Crippen LogP contribution < -0.4 is 16.0 Å². The van der Waals surface area contributed by atoms with Crippen molar-refractivity contribution in [3.63, 3.8) is 0 Å². The summed E-state index contributed by atoms with van der Waals surface area (Å²) in [4.78, 5) is 61.8. The van der Waals surface area contributed by atoms with E-state index in [-0.39, 0.29) is 47.2 Å². The number of pyridine rings is 1. The Hall–Kier alpha value is -5.76. The quantitative estimate of drug-likeness (QED) is 0.102. The van der Waals surface area contributed by atoms with E-state index in [1.54, 1.807) is 0 Å². The number of benzene rings is 2. The zero-order valence-electron chi connectivity index (χ0n) is 41.1. The van der Waals surface area contributed by atoms with Crippen molar-refractivity contribution in [3.05, 3.63) is 77.4 Å². The molecule has 5 atom stereocenters. The molecule has 1 spiro atoms. The van der Waals surface area contributed by atoms with Crippen LogP contribution in [0.2, 0.25) is 0 Å². The fraction of sp³-hybridized carbons (Fsp3) is 0.556. The number of aromatic amines is 1. The van der Waals surface area contributed by atoms with E-state index in [0.29, 0.717) is 13.1 Å². The summed E-state index contributed by atoms with van der Waals surface area (Å²) in [7, 11) is 2.73. The van der Waals surface area contributed by atoms with Gasteiger partial charge in [0.2, 0.25) is 5.91 Å². The van der Waals surface area contributed by atoms with Crippen molar-refractivity contribution < 1.29 is 23.9 Å². The maximum atomic E-state index is 14.0. The molecule has 2 aromatic carbocycles. The molecule has 3 fully saturated rings. The molecule has 2 aliphatic carbocycles. The first kappa shape index (κ1) is 47.3. The Labute approximate surface area is 401 Å². The lowest BCUT2D eigenvalue weighted by atomic mass is 9.78. The van der Waals surface area contributed by atoms with E-state index in [4.69, 9.17) is 24.4 Å². The van der Waals surface area contributed by atoms with Crippen molar-refractivity contribution in [2.45, 2.75) is 141 Å². The highest BCUT2D eigenvalue weighted by molar-refractivity contribution is 6.03. The smallest absolute Gasteiger partial charge is 0.407 e. The van der Waals surface area contributed by atoms with Gasteiger partial charge in [-0.15, -0.1) is 0 Å². The second-order valence-corrected chi connectivity index (χ2v) is 20.6. The zero-order chi connectivity index (χ0) is 47.7. The summed E-state index contributed by atoms with van der Waals surface area (Å²) in [6.07, 6.45) is 14.9. The van der Waals surface area contributed by atoms with Gasteiger partial charge in [-0.25, -0.2) is 14.6 Å². The lowest BCUT2D eigenvalue weighted by Gasteiger charge is -2.31. The Morgan fingerprint density at radius 2 is 1.53 bits per heavy atom. The number of amidine groups is 1. The molecule has 14 heteroatoms. The van der Waals surface area contributed by atoms with E-state index in [0.717, 1.165) is 97.9 Å². The maximum Gasteiger partial charge on any atom is 0.407 e. The molecule has 3 amide bonds. The molecular formula is C54H71N9O5. The molecule has 5 aliphatic rings. The second-order valence-electron chi connectivity index (χ2n) is 20.6. The highest BCUT2D eigenvalue weighted by Gasteiger charge is 2.45. The Kier molecular flexibility index (Phi) is 14.0. The third-order valence-corrected chi connectivity index (χ3v) is 15.9. The Morgan fingerprint density at radius 1 is 0.824 bits per heavy atom. The van der Waals surface area contributed by atoms with Crippen LogP contribution in [0.5, 0.6) is 0 Å². The van der Waals surface area contributed by atoms with Gasteiger partial charge in [0.15, 0.2) is 0 Å². The summed E-state index contributed by atoms with van der Waals surface area (Å²) >= 11 is 0. The predicted octanol–water partition coefficient (Wildman–Crippen LogP) is 9.77. The summed E-state index contributed by atoms with van der Waals surface area (Å²) in [5, 5.41) is 9.53. The third kappa shape index (κ3) is 9.24. The van der Waals surface area contributed by atoms with Crippen LogP contribution in [0.4, 0.5) is 15.3 Å². The van der Waals surface area contributed by atoms with E-state index in [2.05, 4.69) is 95.3 Å². The number of nitrogens with zero attached hydrogens (tertiary/aromatic N) is 5. The third-order valence-electron chi connectivity index (χ3n) is 15.9. The number of aromatic nitrogens is 3. The molecule has 5 heterocycles. The molecule has 2 saturated heterocycles. The Balaban J connectivity index is 0.966. The molecule has 4 aromatic rings. The SMILES string of the molecule is CCC1CN=C(C2CCCN2C(=O)C(NC(=O)OC)C(C)C)Nc2ccc(-c3cnc(-c4ccc(-c5cnc(C6CCCN6CC(NC(=O)OC)C(C)C)[nH]5)cc4)c4c3CCC43CCCC3)cc21. The van der Waals surface area contributed by atoms with E-state index in [1.807, 2.05) is 24.9 Å². The predicted molar refractivity (Wildman–Crippen MR) is 267 cm³/mol. The highest BCUT2D eigenvalue weighted by Crippen LogP contribution is 2.55. The van der Waals surface area contributed by atoms with Gasteiger partial charge in [-0.3, -0.25) is 19.7 Å². The monoisotopic (exact) mass is 926 g/mol. The van der Waals surface area contributed by atoms with Crippen molar-refractivity contribution in [2.75, 3.05) is 45.7 Å². The number of methoxy groups -OCH3 is 2. The number of hydrogen-bond donors (Lipinski definition) is 4. The van der Waals surface area contributed by atoms with E-state index < -0.39 is 18.2 Å². The van der Waals surface area contributed by atoms with Crippen LogP contribution >= 0.6 is 0 Å². The number of ether oxygens (including phenoxy) is 2. The molecule has 4 N–H and O–H groups in total. The van der Waals surface area contributed by atoms with Crippen LogP contribution in [-0.2, 0) is 26.1 Å². The van der Waals surface area contributed by atoms with Crippen LogP contribution in [0.25, 0.3) is 33.6 Å². The second kappa shape index (κ2) is 20.1. The number of likely N-dealkylation sites (tertiary alicyclic amines) is 2. The molecule has 0 bridgehead atoms. The van der Waals surface area contributed by atoms with Gasteiger partial charge >= 0.3 is 12.2 Å². The number of fused-ring (bicyclic) bond motifs is 3. The molecule has 2 aromatic heterocycles. The summed E-state index contributed by atoms with van der Waals surface area (Å²) < 4.78 is 9.78. The van der Waals surface area contributed by atoms with Crippen molar-refractivity contribution in [3.8, 4) is 33.6 Å². The molecular weight excluding hydrogens is 855 g/mol. The molecule has 3 aliphatic heterocycles. The average Bonchev–Trinajstić information content (AvgIpc) is 4.22. The van der Waals surface area contributed by atoms with Gasteiger partial charge in [-0.05, 0) is 122 Å². The minimum absolute atomic E-state index is 0.0204. The number of rotatable bonds is 13. The number of imidazole rings is 1. The zero-order valence-corrected chi connectivity index (χ0v) is 41.1. The standard InChI is InChI=1S/C54H71N9O5/c1-8-34-28-56-50(45-14-12-26-63(45)51(64)47(33(4)5)61-53(66)68-7)58-41-20-19-37(27-39(34)41)40-29-55-48(46-38(40)21-24-54(46)22-9-10-23-54)36-17-15-35(16-18-36)42-30-57-49(59-42)44-13-11-25-62(44)31-43(32(2)3)60-52(65)67-6/h15-20,27,29-30,32-34,43-45,47H,8-14,21-26,28,31H2,1-7H3,(H,56,58)(H,57,59)(H,60,65)(H,61,66). The molecule has 362 valence electrons. The van der Waals surface area contributed by atoms with Crippen LogP contribution in [0.1, 0.15) is 133 Å².